The molecule has 3 N–H and O–H groups in total. The van der Waals surface area contributed by atoms with Gasteiger partial charge in [0.1, 0.15) is 17.3 Å². The van der Waals surface area contributed by atoms with Crippen molar-refractivity contribution in [2.24, 2.45) is 5.92 Å². The molecule has 2 rings (SSSR count). The highest BCUT2D eigenvalue weighted by Crippen LogP contribution is 2.41. The number of aliphatic hydroxyl groups is 1. The lowest BCUT2D eigenvalue weighted by molar-refractivity contribution is -0.0665. The van der Waals surface area contributed by atoms with Crippen LogP contribution in [0.4, 0.5) is 0 Å². The maximum absolute atomic E-state index is 10.1. The van der Waals surface area contributed by atoms with E-state index in [9.17, 15) is 15.3 Å². The Morgan fingerprint density at radius 3 is 2.74 bits per heavy atom. The van der Waals surface area contributed by atoms with Gasteiger partial charge in [-0.3, -0.25) is 0 Å². The van der Waals surface area contributed by atoms with Gasteiger partial charge in [0.2, 0.25) is 6.29 Å². The third kappa shape index (κ3) is 3.77. The van der Waals surface area contributed by atoms with Crippen molar-refractivity contribution in [1.29, 1.82) is 0 Å². The molecule has 0 radical (unpaired) electrons. The molecule has 4 nitrogen and oxygen atoms in total. The van der Waals surface area contributed by atoms with Crippen molar-refractivity contribution < 1.29 is 20.1 Å². The molecule has 4 heteroatoms. The summed E-state index contributed by atoms with van der Waals surface area (Å²) in [6.45, 7) is 7.89. The summed E-state index contributed by atoms with van der Waals surface area (Å²) in [6.07, 6.45) is 7.37. The zero-order chi connectivity index (χ0) is 17.1. The lowest BCUT2D eigenvalue weighted by Gasteiger charge is -2.23. The summed E-state index contributed by atoms with van der Waals surface area (Å²) in [6, 6.07) is 1.52. The van der Waals surface area contributed by atoms with E-state index in [-0.39, 0.29) is 17.1 Å². The van der Waals surface area contributed by atoms with Crippen molar-refractivity contribution in [1.82, 2.24) is 0 Å². The Hall–Kier alpha value is -2.20. The highest BCUT2D eigenvalue weighted by molar-refractivity contribution is 5.67. The average Bonchev–Trinajstić information content (AvgIpc) is 2.50. The smallest absolute Gasteiger partial charge is 0.228 e. The first-order valence-corrected chi connectivity index (χ1v) is 7.81. The number of aliphatic hydroxyl groups excluding tert-OH is 1. The highest BCUT2D eigenvalue weighted by atomic mass is 16.6. The minimum absolute atomic E-state index is 0.0113. The predicted molar refractivity (Wildman–Crippen MR) is 90.9 cm³/mol. The van der Waals surface area contributed by atoms with Crippen molar-refractivity contribution in [3.63, 3.8) is 0 Å². The quantitative estimate of drug-likeness (QED) is 0.724. The third-order valence-electron chi connectivity index (χ3n) is 4.09. The number of allylic oxidation sites excluding steroid dienone is 4. The van der Waals surface area contributed by atoms with Crippen LogP contribution in [-0.2, 0) is 4.74 Å². The summed E-state index contributed by atoms with van der Waals surface area (Å²) in [5.41, 5.74) is 2.27. The minimum Gasteiger partial charge on any atom is -0.508 e. The second kappa shape index (κ2) is 6.92. The van der Waals surface area contributed by atoms with Crippen LogP contribution in [-0.4, -0.2) is 15.3 Å². The van der Waals surface area contributed by atoms with Crippen molar-refractivity contribution in [3.05, 3.63) is 52.3 Å². The number of phenolic OH excluding ortho intramolecular Hbond substituents is 2. The van der Waals surface area contributed by atoms with Crippen LogP contribution in [0.3, 0.4) is 0 Å². The Labute approximate surface area is 137 Å². The van der Waals surface area contributed by atoms with E-state index in [1.54, 1.807) is 19.1 Å². The second-order valence-electron chi connectivity index (χ2n) is 6.02. The van der Waals surface area contributed by atoms with Gasteiger partial charge in [0.25, 0.3) is 0 Å². The van der Waals surface area contributed by atoms with Crippen LogP contribution in [0.5, 0.6) is 11.5 Å². The van der Waals surface area contributed by atoms with Crippen LogP contribution in [0.2, 0.25) is 0 Å². The van der Waals surface area contributed by atoms with Gasteiger partial charge in [-0.25, -0.2) is 0 Å². The van der Waals surface area contributed by atoms with Crippen LogP contribution >= 0.6 is 0 Å². The molecule has 2 atom stereocenters. The molecule has 1 aliphatic heterocycles. The zero-order valence-electron chi connectivity index (χ0n) is 14.0. The molecule has 0 amide bonds. The van der Waals surface area contributed by atoms with Crippen molar-refractivity contribution in [3.8, 4) is 11.5 Å². The van der Waals surface area contributed by atoms with E-state index in [4.69, 9.17) is 4.74 Å². The van der Waals surface area contributed by atoms with Crippen LogP contribution in [0.1, 0.15) is 50.2 Å². The van der Waals surface area contributed by atoms with Crippen LogP contribution < -0.4 is 0 Å². The number of ether oxygens (including phenoxy) is 1. The van der Waals surface area contributed by atoms with Crippen molar-refractivity contribution in [2.75, 3.05) is 0 Å². The van der Waals surface area contributed by atoms with E-state index in [0.717, 1.165) is 12.0 Å². The normalized spacial score (nSPS) is 19.3. The van der Waals surface area contributed by atoms with E-state index < -0.39 is 6.29 Å². The molecule has 1 aliphatic rings. The van der Waals surface area contributed by atoms with Gasteiger partial charge >= 0.3 is 0 Å². The van der Waals surface area contributed by atoms with Gasteiger partial charge in [-0.15, -0.1) is 0 Å². The molecule has 23 heavy (non-hydrogen) atoms. The number of hydrogen-bond acceptors (Lipinski definition) is 4. The number of fused-ring (bicyclic) bond motifs is 1. The molecule has 124 valence electrons. The van der Waals surface area contributed by atoms with Crippen molar-refractivity contribution in [2.45, 2.75) is 40.4 Å². The maximum Gasteiger partial charge on any atom is 0.228 e. The Kier molecular flexibility index (Phi) is 5.16. The van der Waals surface area contributed by atoms with E-state index in [0.29, 0.717) is 22.8 Å². The van der Waals surface area contributed by atoms with Crippen molar-refractivity contribution >= 4 is 6.08 Å². The molecule has 0 saturated heterocycles. The summed E-state index contributed by atoms with van der Waals surface area (Å²) in [5, 5.41) is 30.0. The molecule has 0 aromatic heterocycles. The second-order valence-corrected chi connectivity index (χ2v) is 6.02. The van der Waals surface area contributed by atoms with Gasteiger partial charge in [0.15, 0.2) is 0 Å². The van der Waals surface area contributed by atoms with Gasteiger partial charge in [-0.2, -0.15) is 0 Å². The molecule has 1 aromatic carbocycles. The summed E-state index contributed by atoms with van der Waals surface area (Å²) in [7, 11) is 0. The van der Waals surface area contributed by atoms with E-state index in [1.807, 2.05) is 13.0 Å². The molecule has 0 bridgehead atoms. The molecule has 0 spiro atoms. The number of aromatic hydroxyl groups is 2. The summed E-state index contributed by atoms with van der Waals surface area (Å²) in [5.74, 6) is 0.830. The highest BCUT2D eigenvalue weighted by Gasteiger charge is 2.25. The first kappa shape index (κ1) is 17.2. The van der Waals surface area contributed by atoms with Gasteiger partial charge in [-0.1, -0.05) is 38.0 Å². The molecule has 1 heterocycles. The molecular weight excluding hydrogens is 292 g/mol. The van der Waals surface area contributed by atoms with Gasteiger partial charge in [0, 0.05) is 5.56 Å². The number of benzene rings is 1. The minimum atomic E-state index is -1.26. The van der Waals surface area contributed by atoms with E-state index in [2.05, 4.69) is 19.9 Å². The SMILES string of the molecule is CC[C@H](C)/C=C(C)/C=C/C1=Cc2cc(O)c(C)c(O)c2[C@H](O)O1. The third-order valence-corrected chi connectivity index (χ3v) is 4.09. The van der Waals surface area contributed by atoms with Crippen LogP contribution in [0.25, 0.3) is 6.08 Å². The zero-order valence-corrected chi connectivity index (χ0v) is 14.0. The summed E-state index contributed by atoms with van der Waals surface area (Å²) in [4.78, 5) is 0. The first-order valence-electron chi connectivity index (χ1n) is 7.81. The standard InChI is InChI=1S/C19H24O4/c1-5-11(2)8-12(3)6-7-15-9-14-10-16(20)13(4)18(21)17(14)19(22)23-15/h6-11,19-22H,5H2,1-4H3/b7-6+,12-8+/t11-,19+/m0/s1. The van der Waals surface area contributed by atoms with Gasteiger partial charge in [0.05, 0.1) is 5.56 Å². The molecule has 0 saturated carbocycles. The largest absolute Gasteiger partial charge is 0.508 e. The molecule has 0 unspecified atom stereocenters. The topological polar surface area (TPSA) is 69.9 Å². The average molecular weight is 316 g/mol. The Morgan fingerprint density at radius 2 is 2.09 bits per heavy atom. The number of phenols is 2. The lowest BCUT2D eigenvalue weighted by Crippen LogP contribution is -2.10. The number of rotatable bonds is 4. The fourth-order valence-corrected chi connectivity index (χ4v) is 2.47. The van der Waals surface area contributed by atoms with Crippen LogP contribution in [0, 0.1) is 12.8 Å². The fraction of sp³-hybridized carbons (Fsp3) is 0.368. The van der Waals surface area contributed by atoms with Gasteiger partial charge in [-0.05, 0) is 43.5 Å². The molecular formula is C19H24O4. The Balaban J connectivity index is 2.32. The Bertz CT molecular complexity index is 683. The summed E-state index contributed by atoms with van der Waals surface area (Å²) >= 11 is 0. The van der Waals surface area contributed by atoms with Gasteiger partial charge < -0.3 is 20.1 Å². The summed E-state index contributed by atoms with van der Waals surface area (Å²) < 4.78 is 5.43. The molecule has 1 aromatic rings. The monoisotopic (exact) mass is 316 g/mol. The Morgan fingerprint density at radius 1 is 1.39 bits per heavy atom. The lowest BCUT2D eigenvalue weighted by atomic mass is 9.98. The van der Waals surface area contributed by atoms with E-state index in [1.165, 1.54) is 6.07 Å². The molecule has 0 aliphatic carbocycles. The maximum atomic E-state index is 10.1. The molecule has 0 fully saturated rings. The van der Waals surface area contributed by atoms with E-state index >= 15 is 0 Å². The van der Waals surface area contributed by atoms with Crippen LogP contribution in [0.15, 0.2) is 35.6 Å². The predicted octanol–water partition coefficient (Wildman–Crippen LogP) is 4.32. The first-order chi connectivity index (χ1) is 10.8. The fourth-order valence-electron chi connectivity index (χ4n) is 2.47. The number of hydrogen-bond donors (Lipinski definition) is 3.